The number of pyridine rings is 4. The highest BCUT2D eigenvalue weighted by Crippen LogP contribution is 2.34. The van der Waals surface area contributed by atoms with Crippen LogP contribution in [0, 0.1) is 0 Å². The van der Waals surface area contributed by atoms with Crippen LogP contribution in [0.5, 0.6) is 0 Å². The molecule has 0 aliphatic rings. The maximum atomic E-state index is 5.08. The number of hydrogen-bond acceptors (Lipinski definition) is 6. The summed E-state index contributed by atoms with van der Waals surface area (Å²) in [5, 5.41) is 4.32. The van der Waals surface area contributed by atoms with Gasteiger partial charge in [-0.3, -0.25) is 9.97 Å². The van der Waals surface area contributed by atoms with Crippen LogP contribution in [-0.4, -0.2) is 29.9 Å². The van der Waals surface area contributed by atoms with Crippen LogP contribution in [0.4, 0.5) is 0 Å². The van der Waals surface area contributed by atoms with Gasteiger partial charge in [0.05, 0.1) is 44.8 Å². The molecule has 0 unspecified atom stereocenters. The lowest BCUT2D eigenvalue weighted by atomic mass is 9.98. The first kappa shape index (κ1) is 33.4. The summed E-state index contributed by atoms with van der Waals surface area (Å²) in [7, 11) is 0. The molecule has 6 heteroatoms. The van der Waals surface area contributed by atoms with Crippen molar-refractivity contribution in [3.63, 3.8) is 0 Å². The minimum absolute atomic E-state index is 0.673. The number of rotatable bonds is 6. The topological polar surface area (TPSA) is 77.3 Å². The van der Waals surface area contributed by atoms with Crippen LogP contribution >= 0.6 is 0 Å². The molecule has 0 bridgehead atoms. The van der Waals surface area contributed by atoms with Gasteiger partial charge < -0.3 is 0 Å². The molecule has 0 N–H and O–H groups in total. The highest BCUT2D eigenvalue weighted by atomic mass is 14.9. The largest absolute Gasteiger partial charge is 0.254 e. The van der Waals surface area contributed by atoms with Crippen LogP contribution in [0.1, 0.15) is 0 Å². The Labute approximate surface area is 334 Å². The van der Waals surface area contributed by atoms with E-state index in [1.807, 2.05) is 73.1 Å². The van der Waals surface area contributed by atoms with Crippen LogP contribution < -0.4 is 0 Å². The lowest BCUT2D eigenvalue weighted by Crippen LogP contribution is -1.97. The average Bonchev–Trinajstić information content (AvgIpc) is 3.31. The summed E-state index contributed by atoms with van der Waals surface area (Å²) in [6, 6.07) is 62.7. The first-order valence-electron chi connectivity index (χ1n) is 19.3. The summed E-state index contributed by atoms with van der Waals surface area (Å²) in [6.45, 7) is 0. The van der Waals surface area contributed by atoms with Crippen LogP contribution in [0.15, 0.2) is 194 Å². The maximum Gasteiger partial charge on any atom is 0.160 e. The standard InChI is InChI=1S/C52H32N6/c1-3-8-34(9-4-1)48-32-49(58-52(57-48)37-10-5-2-6-11-37)47-26-21-41-31-39(19-24-46(41)56-47)38-18-23-45-40(30-38)20-25-44(55-45)35-15-13-33(14-16-35)42-27-29-54-51-43(42)22-17-36-12-7-28-53-50(36)51/h1-32H. The Morgan fingerprint density at radius 2 is 0.879 bits per heavy atom. The van der Waals surface area contributed by atoms with E-state index in [4.69, 9.17) is 19.9 Å². The number of nitrogens with zero attached hydrogens (tertiary/aromatic N) is 6. The fourth-order valence-electron chi connectivity index (χ4n) is 7.79. The third kappa shape index (κ3) is 6.10. The number of benzene rings is 6. The maximum absolute atomic E-state index is 5.08. The summed E-state index contributed by atoms with van der Waals surface area (Å²) in [5.41, 5.74) is 14.6. The molecule has 5 aromatic heterocycles. The third-order valence-corrected chi connectivity index (χ3v) is 10.8. The number of fused-ring (bicyclic) bond motifs is 5. The first-order valence-corrected chi connectivity index (χ1v) is 19.3. The van der Waals surface area contributed by atoms with Crippen molar-refractivity contribution in [3.8, 4) is 67.5 Å². The zero-order valence-electron chi connectivity index (χ0n) is 31.2. The third-order valence-electron chi connectivity index (χ3n) is 10.8. The molecule has 0 spiro atoms. The average molecular weight is 741 g/mol. The Balaban J connectivity index is 0.872. The predicted molar refractivity (Wildman–Crippen MR) is 236 cm³/mol. The SMILES string of the molecule is c1ccc(-c2cc(-c3ccc4cc(-c5ccc6nc(-c7ccc(-c8ccnc9c8ccc8cccnc89)cc7)ccc6c5)ccc4n3)nc(-c3ccccc3)n2)cc1. The summed E-state index contributed by atoms with van der Waals surface area (Å²) in [6.07, 6.45) is 3.69. The molecule has 0 saturated carbocycles. The molecule has 6 nitrogen and oxygen atoms in total. The van der Waals surface area contributed by atoms with Crippen molar-refractivity contribution in [1.29, 1.82) is 0 Å². The second-order valence-corrected chi connectivity index (χ2v) is 14.4. The van der Waals surface area contributed by atoms with Crippen molar-refractivity contribution in [3.05, 3.63) is 194 Å². The summed E-state index contributed by atoms with van der Waals surface area (Å²) in [5.74, 6) is 0.673. The van der Waals surface area contributed by atoms with Crippen molar-refractivity contribution in [2.24, 2.45) is 0 Å². The summed E-state index contributed by atoms with van der Waals surface area (Å²) in [4.78, 5) is 29.4. The molecule has 0 aliphatic heterocycles. The van der Waals surface area contributed by atoms with E-state index in [1.165, 1.54) is 0 Å². The Morgan fingerprint density at radius 1 is 0.293 bits per heavy atom. The molecule has 11 rings (SSSR count). The number of aromatic nitrogens is 6. The van der Waals surface area contributed by atoms with E-state index in [2.05, 4.69) is 131 Å². The normalized spacial score (nSPS) is 11.4. The van der Waals surface area contributed by atoms with Crippen molar-refractivity contribution < 1.29 is 0 Å². The monoisotopic (exact) mass is 740 g/mol. The number of hydrogen-bond donors (Lipinski definition) is 0. The molecule has 270 valence electrons. The summed E-state index contributed by atoms with van der Waals surface area (Å²) >= 11 is 0. The Bertz CT molecular complexity index is 3270. The van der Waals surface area contributed by atoms with Gasteiger partial charge in [0.1, 0.15) is 0 Å². The second kappa shape index (κ2) is 14.0. The van der Waals surface area contributed by atoms with Gasteiger partial charge in [-0.25, -0.2) is 19.9 Å². The highest BCUT2D eigenvalue weighted by molar-refractivity contribution is 6.08. The fourth-order valence-corrected chi connectivity index (χ4v) is 7.79. The van der Waals surface area contributed by atoms with Crippen LogP contribution in [0.3, 0.4) is 0 Å². The van der Waals surface area contributed by atoms with Gasteiger partial charge in [0.2, 0.25) is 0 Å². The van der Waals surface area contributed by atoms with Crippen molar-refractivity contribution in [1.82, 2.24) is 29.9 Å². The van der Waals surface area contributed by atoms with E-state index >= 15 is 0 Å². The van der Waals surface area contributed by atoms with Crippen LogP contribution in [-0.2, 0) is 0 Å². The van der Waals surface area contributed by atoms with Gasteiger partial charge in [-0.2, -0.15) is 0 Å². The van der Waals surface area contributed by atoms with Crippen molar-refractivity contribution in [2.75, 3.05) is 0 Å². The molecular weight excluding hydrogens is 709 g/mol. The molecule has 0 aliphatic carbocycles. The van der Waals surface area contributed by atoms with Crippen LogP contribution in [0.2, 0.25) is 0 Å². The minimum atomic E-state index is 0.673. The van der Waals surface area contributed by atoms with Crippen molar-refractivity contribution in [2.45, 2.75) is 0 Å². The zero-order valence-corrected chi connectivity index (χ0v) is 31.2. The molecule has 5 heterocycles. The van der Waals surface area contributed by atoms with Gasteiger partial charge >= 0.3 is 0 Å². The van der Waals surface area contributed by atoms with Crippen molar-refractivity contribution >= 4 is 43.6 Å². The van der Waals surface area contributed by atoms with E-state index in [0.29, 0.717) is 5.82 Å². The van der Waals surface area contributed by atoms with E-state index in [0.717, 1.165) is 105 Å². The van der Waals surface area contributed by atoms with E-state index in [9.17, 15) is 0 Å². The highest BCUT2D eigenvalue weighted by Gasteiger charge is 2.14. The van der Waals surface area contributed by atoms with E-state index < -0.39 is 0 Å². The summed E-state index contributed by atoms with van der Waals surface area (Å²) < 4.78 is 0. The molecular formula is C52H32N6. The van der Waals surface area contributed by atoms with Gasteiger partial charge in [0.25, 0.3) is 0 Å². The molecule has 0 amide bonds. The fraction of sp³-hybridized carbons (Fsp3) is 0. The lowest BCUT2D eigenvalue weighted by Gasteiger charge is -2.11. The second-order valence-electron chi connectivity index (χ2n) is 14.4. The smallest absolute Gasteiger partial charge is 0.160 e. The molecule has 11 aromatic rings. The molecule has 6 aromatic carbocycles. The van der Waals surface area contributed by atoms with Crippen LogP contribution in [0.25, 0.3) is 111 Å². The van der Waals surface area contributed by atoms with Gasteiger partial charge in [0.15, 0.2) is 5.82 Å². The van der Waals surface area contributed by atoms with E-state index in [1.54, 1.807) is 0 Å². The van der Waals surface area contributed by atoms with E-state index in [-0.39, 0.29) is 0 Å². The molecule has 0 radical (unpaired) electrons. The van der Waals surface area contributed by atoms with Gasteiger partial charge in [-0.05, 0) is 76.9 Å². The minimum Gasteiger partial charge on any atom is -0.254 e. The Kier molecular flexibility index (Phi) is 8.04. The Morgan fingerprint density at radius 3 is 1.62 bits per heavy atom. The molecule has 0 atom stereocenters. The predicted octanol–water partition coefficient (Wildman–Crippen LogP) is 12.7. The van der Waals surface area contributed by atoms with Gasteiger partial charge in [-0.15, -0.1) is 0 Å². The lowest BCUT2D eigenvalue weighted by molar-refractivity contribution is 1.17. The molecule has 0 fully saturated rings. The molecule has 58 heavy (non-hydrogen) atoms. The van der Waals surface area contributed by atoms with Gasteiger partial charge in [0, 0.05) is 50.6 Å². The molecule has 0 saturated heterocycles. The first-order chi connectivity index (χ1) is 28.7. The Hall–Kier alpha value is -7.96. The van der Waals surface area contributed by atoms with Gasteiger partial charge in [-0.1, -0.05) is 127 Å². The zero-order chi connectivity index (χ0) is 38.4. The quantitative estimate of drug-likeness (QED) is 0.158.